The minimum atomic E-state index is -4.99. The fraction of sp³-hybridized carbons (Fsp3) is 0.694. The van der Waals surface area contributed by atoms with Crippen LogP contribution in [0.4, 0.5) is 0 Å². The Bertz CT molecular complexity index is 2490. The van der Waals surface area contributed by atoms with Crippen LogP contribution in [-0.4, -0.2) is 96.7 Å². The first-order chi connectivity index (χ1) is 50.7. The topological polar surface area (TPSA) is 237 Å². The zero-order valence-corrected chi connectivity index (χ0v) is 66.9. The van der Waals surface area contributed by atoms with Gasteiger partial charge in [0.2, 0.25) is 0 Å². The second-order valence-corrected chi connectivity index (χ2v) is 29.5. The van der Waals surface area contributed by atoms with Gasteiger partial charge >= 0.3 is 39.5 Å². The first kappa shape index (κ1) is 99.2. The molecule has 596 valence electrons. The highest BCUT2D eigenvalue weighted by Gasteiger charge is 2.30. The molecule has 0 rings (SSSR count). The van der Waals surface area contributed by atoms with Crippen molar-refractivity contribution in [1.29, 1.82) is 0 Å². The molecular weight excluding hydrogens is 1350 g/mol. The third-order valence-corrected chi connectivity index (χ3v) is 18.5. The molecule has 0 spiro atoms. The summed E-state index contributed by atoms with van der Waals surface area (Å²) in [6.07, 6.45) is 85.6. The maximum absolute atomic E-state index is 13.1. The number of aliphatic hydroxyl groups is 1. The molecule has 104 heavy (non-hydrogen) atoms. The zero-order chi connectivity index (χ0) is 76.0. The fourth-order valence-corrected chi connectivity index (χ4v) is 12.0. The highest BCUT2D eigenvalue weighted by Crippen LogP contribution is 2.45. The first-order valence-electron chi connectivity index (χ1n) is 40.4. The van der Waals surface area contributed by atoms with E-state index >= 15 is 0 Å². The Hall–Kier alpha value is -4.80. The van der Waals surface area contributed by atoms with Crippen molar-refractivity contribution in [3.05, 3.63) is 134 Å². The summed E-state index contributed by atoms with van der Waals surface area (Å²) in [6.45, 7) is 4.55. The number of carbonyl (C=O) groups excluding carboxylic acids is 4. The molecule has 5 atom stereocenters. The van der Waals surface area contributed by atoms with Crippen molar-refractivity contribution in [2.24, 2.45) is 0 Å². The lowest BCUT2D eigenvalue weighted by Gasteiger charge is -2.21. The van der Waals surface area contributed by atoms with Gasteiger partial charge in [0.25, 0.3) is 0 Å². The molecule has 3 N–H and O–H groups in total. The van der Waals surface area contributed by atoms with Gasteiger partial charge in [-0.25, -0.2) is 9.13 Å². The number of ether oxygens (including phenoxy) is 4. The van der Waals surface area contributed by atoms with Gasteiger partial charge in [0.1, 0.15) is 19.3 Å². The molecule has 0 aliphatic carbocycles. The minimum absolute atomic E-state index is 0.0733. The number of aliphatic hydroxyl groups excluding tert-OH is 1. The fourth-order valence-electron chi connectivity index (χ4n) is 10.5. The average Bonchev–Trinajstić information content (AvgIpc) is 0.926. The Morgan fingerprint density at radius 2 is 0.500 bits per heavy atom. The van der Waals surface area contributed by atoms with E-state index in [0.29, 0.717) is 25.7 Å². The molecule has 0 saturated carbocycles. The Labute approximate surface area is 631 Å². The predicted molar refractivity (Wildman–Crippen MR) is 427 cm³/mol. The minimum Gasteiger partial charge on any atom is -0.462 e. The SMILES string of the molecule is CC/C=C\C/C=C\C/C=C\C/C=C\CCCCCCC(=O)OCC(COP(=O)(O)OCC(O)COP(=O)(O)OCC(COC(=O)CCCCCCC/C=C\C/C=C\CCCCC)OC(=O)CCCCCCC/C=C\C/C=C\CCCCC)OC(=O)CCCCCCCCC/C=C\C/C=C\C/C=C\CC. The van der Waals surface area contributed by atoms with Crippen molar-refractivity contribution in [1.82, 2.24) is 0 Å². The van der Waals surface area contributed by atoms with Gasteiger partial charge in [0.05, 0.1) is 26.4 Å². The highest BCUT2D eigenvalue weighted by atomic mass is 31.2. The van der Waals surface area contributed by atoms with E-state index in [0.717, 1.165) is 205 Å². The first-order valence-corrected chi connectivity index (χ1v) is 43.4. The molecule has 19 heteroatoms. The number of phosphoric acid groups is 2. The van der Waals surface area contributed by atoms with Crippen LogP contribution in [0.2, 0.25) is 0 Å². The summed E-state index contributed by atoms with van der Waals surface area (Å²) >= 11 is 0. The van der Waals surface area contributed by atoms with Crippen LogP contribution in [-0.2, 0) is 65.4 Å². The van der Waals surface area contributed by atoms with Crippen molar-refractivity contribution in [3.63, 3.8) is 0 Å². The number of hydrogen-bond acceptors (Lipinski definition) is 15. The van der Waals surface area contributed by atoms with Crippen molar-refractivity contribution < 1.29 is 80.2 Å². The van der Waals surface area contributed by atoms with Gasteiger partial charge in [0.15, 0.2) is 12.2 Å². The van der Waals surface area contributed by atoms with E-state index in [2.05, 4.69) is 161 Å². The number of carbonyl (C=O) groups is 4. The Kier molecular flexibility index (Phi) is 72.9. The number of rotatable bonds is 75. The van der Waals surface area contributed by atoms with Crippen LogP contribution in [0.1, 0.15) is 323 Å². The molecule has 0 aromatic carbocycles. The van der Waals surface area contributed by atoms with Gasteiger partial charge in [0, 0.05) is 25.7 Å². The van der Waals surface area contributed by atoms with Crippen LogP contribution >= 0.6 is 15.6 Å². The molecule has 0 aliphatic heterocycles. The third kappa shape index (κ3) is 75.4. The van der Waals surface area contributed by atoms with Crippen molar-refractivity contribution in [2.45, 2.75) is 341 Å². The molecule has 0 fully saturated rings. The molecule has 0 radical (unpaired) electrons. The third-order valence-electron chi connectivity index (χ3n) is 16.6. The average molecular weight is 1500 g/mol. The van der Waals surface area contributed by atoms with Crippen LogP contribution in [0, 0.1) is 0 Å². The van der Waals surface area contributed by atoms with E-state index in [1.807, 2.05) is 0 Å². The molecule has 0 bridgehead atoms. The van der Waals surface area contributed by atoms with Crippen LogP contribution in [0.3, 0.4) is 0 Å². The molecular formula is C85H144O17P2. The quantitative estimate of drug-likeness (QED) is 0.0169. The maximum atomic E-state index is 13.1. The van der Waals surface area contributed by atoms with Crippen molar-refractivity contribution in [2.75, 3.05) is 39.6 Å². The summed E-state index contributed by atoms with van der Waals surface area (Å²) in [4.78, 5) is 73.1. The van der Waals surface area contributed by atoms with Gasteiger partial charge in [-0.2, -0.15) is 0 Å². The van der Waals surface area contributed by atoms with Crippen molar-refractivity contribution >= 4 is 39.5 Å². The number of unbranched alkanes of at least 4 members (excludes halogenated alkanes) is 27. The molecule has 0 heterocycles. The Morgan fingerprint density at radius 3 is 0.769 bits per heavy atom. The summed E-state index contributed by atoms with van der Waals surface area (Å²) in [5.74, 6) is -2.24. The van der Waals surface area contributed by atoms with Gasteiger partial charge in [-0.1, -0.05) is 271 Å². The smallest absolute Gasteiger partial charge is 0.462 e. The van der Waals surface area contributed by atoms with Crippen molar-refractivity contribution in [3.8, 4) is 0 Å². The molecule has 17 nitrogen and oxygen atoms in total. The van der Waals surface area contributed by atoms with Gasteiger partial charge in [-0.3, -0.25) is 37.3 Å². The van der Waals surface area contributed by atoms with E-state index in [1.165, 1.54) is 38.5 Å². The second kappa shape index (κ2) is 76.4. The lowest BCUT2D eigenvalue weighted by molar-refractivity contribution is -0.161. The molecule has 0 aliphatic rings. The summed E-state index contributed by atoms with van der Waals surface area (Å²) < 4.78 is 68.6. The number of esters is 4. The number of hydrogen-bond donors (Lipinski definition) is 3. The molecule has 5 unspecified atom stereocenters. The largest absolute Gasteiger partial charge is 0.472 e. The van der Waals surface area contributed by atoms with Gasteiger partial charge in [-0.15, -0.1) is 0 Å². The summed E-state index contributed by atoms with van der Waals surface area (Å²) in [7, 11) is -9.98. The van der Waals surface area contributed by atoms with Crippen LogP contribution < -0.4 is 0 Å². The molecule has 0 aromatic rings. The second-order valence-electron chi connectivity index (χ2n) is 26.6. The summed E-state index contributed by atoms with van der Waals surface area (Å²) in [5.41, 5.74) is 0. The highest BCUT2D eigenvalue weighted by molar-refractivity contribution is 7.47. The van der Waals surface area contributed by atoms with Gasteiger partial charge in [-0.05, 0) is 161 Å². The summed E-state index contributed by atoms with van der Waals surface area (Å²) in [5, 5.41) is 10.6. The van der Waals surface area contributed by atoms with E-state index in [1.54, 1.807) is 0 Å². The molecule has 0 aromatic heterocycles. The van der Waals surface area contributed by atoms with E-state index in [9.17, 15) is 43.2 Å². The van der Waals surface area contributed by atoms with Gasteiger partial charge < -0.3 is 33.8 Å². The summed E-state index contributed by atoms with van der Waals surface area (Å²) in [6, 6.07) is 0. The lowest BCUT2D eigenvalue weighted by Crippen LogP contribution is -2.30. The molecule has 0 amide bonds. The van der Waals surface area contributed by atoms with Crippen LogP contribution in [0.5, 0.6) is 0 Å². The van der Waals surface area contributed by atoms with E-state index in [-0.39, 0.29) is 25.7 Å². The lowest BCUT2D eigenvalue weighted by atomic mass is 10.1. The monoisotopic (exact) mass is 1500 g/mol. The number of allylic oxidation sites excluding steroid dienone is 22. The molecule has 0 saturated heterocycles. The number of phosphoric ester groups is 2. The van der Waals surface area contributed by atoms with E-state index < -0.39 is 97.5 Å². The maximum Gasteiger partial charge on any atom is 0.472 e. The standard InChI is InChI=1S/C85H144O17P2/c1-5-9-13-17-21-25-29-33-37-39-43-46-50-54-58-62-66-70-83(88)96-76-81(102-85(90)72-68-64-60-56-52-48-44-40-38-34-30-26-22-18-14-10-6-2)78-100-104(93,94)98-74-79(86)73-97-103(91,92)99-77-80(101-84(89)71-67-63-59-55-51-47-42-36-32-28-24-20-16-12-8-4)75-95-82(87)69-65-61-57-53-49-45-41-35-31-27-23-19-15-11-7-3/h9-10,13-14,21-28,33-38,41-43,46,79-81,86H,5-8,11-12,15-20,29-32,39-40,44-45,47-78H2,1-4H3,(H,91,92)(H,93,94)/b13-9-,14-10-,25-21-,26-22-,27-23-,28-24-,37-33-,38-34-,41-35-,42-36-,46-43-. The zero-order valence-electron chi connectivity index (χ0n) is 65.2. The normalized spacial score (nSPS) is 14.6. The Morgan fingerprint density at radius 1 is 0.279 bits per heavy atom. The van der Waals surface area contributed by atoms with Crippen LogP contribution in [0.25, 0.3) is 0 Å². The Balaban J connectivity index is 5.42. The van der Waals surface area contributed by atoms with Crippen LogP contribution in [0.15, 0.2) is 134 Å². The predicted octanol–water partition coefficient (Wildman–Crippen LogP) is 23.7. The van der Waals surface area contributed by atoms with E-state index in [4.69, 9.17) is 37.0 Å².